The van der Waals surface area contributed by atoms with Gasteiger partial charge in [-0.25, -0.2) is 8.42 Å². The Kier molecular flexibility index (Phi) is 4.97. The Hall–Kier alpha value is -2.45. The number of nitro benzene ring substituents is 1. The first-order chi connectivity index (χ1) is 10.9. The highest BCUT2D eigenvalue weighted by atomic mass is 32.2. The number of hydrogen-bond acceptors (Lipinski definition) is 5. The molecule has 0 spiro atoms. The summed E-state index contributed by atoms with van der Waals surface area (Å²) in [5.74, 6) is 0. The van der Waals surface area contributed by atoms with Crippen molar-refractivity contribution in [3.8, 4) is 0 Å². The van der Waals surface area contributed by atoms with Crippen molar-refractivity contribution < 1.29 is 18.4 Å². The van der Waals surface area contributed by atoms with Gasteiger partial charge in [0.25, 0.3) is 15.7 Å². The minimum Gasteiger partial charge on any atom is -0.394 e. The Morgan fingerprint density at radius 3 is 2.13 bits per heavy atom. The number of hydrogen-bond donors (Lipinski definition) is 1. The van der Waals surface area contributed by atoms with E-state index < -0.39 is 14.9 Å². The van der Waals surface area contributed by atoms with Crippen LogP contribution >= 0.6 is 0 Å². The zero-order valence-electron chi connectivity index (χ0n) is 12.4. The third kappa shape index (κ3) is 3.66. The second kappa shape index (κ2) is 6.76. The zero-order valence-corrected chi connectivity index (χ0v) is 13.2. The molecule has 1 N–H and O–H groups in total. The normalized spacial score (nSPS) is 11.2. The van der Waals surface area contributed by atoms with Crippen molar-refractivity contribution in [2.75, 3.05) is 17.5 Å². The summed E-state index contributed by atoms with van der Waals surface area (Å²) in [4.78, 5) is 10.00. The standard InChI is InChI=1S/C15H16N2O5S/c1-12-2-4-13(5-3-12)16(10-11-18)23(21,22)15-8-6-14(7-9-15)17(19)20/h2-9,18H,10-11H2,1H3. The molecule has 8 heteroatoms. The molecule has 0 aliphatic rings. The van der Waals surface area contributed by atoms with Gasteiger partial charge in [-0.2, -0.15) is 0 Å². The topological polar surface area (TPSA) is 101 Å². The maximum atomic E-state index is 12.7. The predicted molar refractivity (Wildman–Crippen MR) is 85.9 cm³/mol. The number of aliphatic hydroxyl groups is 1. The van der Waals surface area contributed by atoms with Gasteiger partial charge in [-0.1, -0.05) is 17.7 Å². The van der Waals surface area contributed by atoms with Crippen LogP contribution in [0.4, 0.5) is 11.4 Å². The Labute approximate surface area is 134 Å². The van der Waals surface area contributed by atoms with Gasteiger partial charge in [0.05, 0.1) is 28.7 Å². The lowest BCUT2D eigenvalue weighted by Gasteiger charge is -2.23. The van der Waals surface area contributed by atoms with E-state index in [-0.39, 0.29) is 23.7 Å². The smallest absolute Gasteiger partial charge is 0.269 e. The largest absolute Gasteiger partial charge is 0.394 e. The maximum absolute atomic E-state index is 12.7. The van der Waals surface area contributed by atoms with Gasteiger partial charge in [-0.15, -0.1) is 0 Å². The van der Waals surface area contributed by atoms with Gasteiger partial charge in [0, 0.05) is 12.1 Å². The van der Waals surface area contributed by atoms with E-state index in [1.807, 2.05) is 6.92 Å². The van der Waals surface area contributed by atoms with Gasteiger partial charge < -0.3 is 5.11 Å². The number of sulfonamides is 1. The van der Waals surface area contributed by atoms with Crippen molar-refractivity contribution in [2.24, 2.45) is 0 Å². The van der Waals surface area contributed by atoms with Crippen LogP contribution in [0.5, 0.6) is 0 Å². The summed E-state index contributed by atoms with van der Waals surface area (Å²) in [6.07, 6.45) is 0. The van der Waals surface area contributed by atoms with Crippen LogP contribution in [0.2, 0.25) is 0 Å². The lowest BCUT2D eigenvalue weighted by Crippen LogP contribution is -2.33. The first-order valence-electron chi connectivity index (χ1n) is 6.81. The molecule has 0 aliphatic heterocycles. The Bertz CT molecular complexity index is 786. The van der Waals surface area contributed by atoms with E-state index in [9.17, 15) is 23.6 Å². The molecule has 0 aliphatic carbocycles. The third-order valence-corrected chi connectivity index (χ3v) is 5.10. The van der Waals surface area contributed by atoms with Crippen LogP contribution in [0.1, 0.15) is 5.56 Å². The number of benzene rings is 2. The average Bonchev–Trinajstić information content (AvgIpc) is 2.53. The summed E-state index contributed by atoms with van der Waals surface area (Å²) < 4.78 is 26.5. The van der Waals surface area contributed by atoms with Crippen LogP contribution in [-0.2, 0) is 10.0 Å². The molecule has 2 aromatic carbocycles. The quantitative estimate of drug-likeness (QED) is 0.643. The summed E-state index contributed by atoms with van der Waals surface area (Å²) in [7, 11) is -3.92. The van der Waals surface area contributed by atoms with Gasteiger partial charge in [0.15, 0.2) is 0 Å². The lowest BCUT2D eigenvalue weighted by molar-refractivity contribution is -0.384. The number of non-ortho nitro benzene ring substituents is 1. The van der Waals surface area contributed by atoms with E-state index >= 15 is 0 Å². The molecule has 0 saturated carbocycles. The summed E-state index contributed by atoms with van der Waals surface area (Å²) in [6, 6.07) is 11.5. The monoisotopic (exact) mass is 336 g/mol. The molecule has 0 radical (unpaired) electrons. The summed E-state index contributed by atoms with van der Waals surface area (Å²) in [5.41, 5.74) is 1.21. The molecule has 0 saturated heterocycles. The van der Waals surface area contributed by atoms with Crippen LogP contribution in [0, 0.1) is 17.0 Å². The number of anilines is 1. The fraction of sp³-hybridized carbons (Fsp3) is 0.200. The van der Waals surface area contributed by atoms with Crippen molar-refractivity contribution in [2.45, 2.75) is 11.8 Å². The number of nitrogens with zero attached hydrogens (tertiary/aromatic N) is 2. The van der Waals surface area contributed by atoms with Crippen molar-refractivity contribution >= 4 is 21.4 Å². The molecular formula is C15H16N2O5S. The summed E-state index contributed by atoms with van der Waals surface area (Å²) >= 11 is 0. The van der Waals surface area contributed by atoms with Crippen molar-refractivity contribution in [1.82, 2.24) is 0 Å². The lowest BCUT2D eigenvalue weighted by atomic mass is 10.2. The first-order valence-corrected chi connectivity index (χ1v) is 8.25. The number of nitro groups is 1. The molecule has 0 amide bonds. The fourth-order valence-corrected chi connectivity index (χ4v) is 3.51. The molecule has 0 aromatic heterocycles. The highest BCUT2D eigenvalue weighted by Gasteiger charge is 2.25. The highest BCUT2D eigenvalue weighted by molar-refractivity contribution is 7.92. The van der Waals surface area contributed by atoms with E-state index in [0.717, 1.165) is 22.0 Å². The van der Waals surface area contributed by atoms with Crippen molar-refractivity contribution in [3.05, 3.63) is 64.2 Å². The van der Waals surface area contributed by atoms with Crippen molar-refractivity contribution in [3.63, 3.8) is 0 Å². The third-order valence-electron chi connectivity index (χ3n) is 3.26. The highest BCUT2D eigenvalue weighted by Crippen LogP contribution is 2.25. The maximum Gasteiger partial charge on any atom is 0.269 e. The molecule has 0 fully saturated rings. The van der Waals surface area contributed by atoms with Crippen LogP contribution in [0.15, 0.2) is 53.4 Å². The summed E-state index contributed by atoms with van der Waals surface area (Å²) in [5, 5.41) is 19.8. The Balaban J connectivity index is 2.44. The number of aryl methyl sites for hydroxylation is 1. The van der Waals surface area contributed by atoms with E-state index in [0.29, 0.717) is 5.69 Å². The van der Waals surface area contributed by atoms with Crippen LogP contribution < -0.4 is 4.31 Å². The average molecular weight is 336 g/mol. The van der Waals surface area contributed by atoms with Crippen LogP contribution in [-0.4, -0.2) is 31.6 Å². The molecular weight excluding hydrogens is 320 g/mol. The zero-order chi connectivity index (χ0) is 17.0. The molecule has 122 valence electrons. The van der Waals surface area contributed by atoms with Crippen molar-refractivity contribution in [1.29, 1.82) is 0 Å². The van der Waals surface area contributed by atoms with E-state index in [1.165, 1.54) is 12.1 Å². The molecule has 0 heterocycles. The molecule has 2 rings (SSSR count). The van der Waals surface area contributed by atoms with Gasteiger partial charge in [0.1, 0.15) is 0 Å². The number of rotatable bonds is 6. The Morgan fingerprint density at radius 1 is 1.09 bits per heavy atom. The molecule has 0 atom stereocenters. The van der Waals surface area contributed by atoms with E-state index in [2.05, 4.69) is 0 Å². The van der Waals surface area contributed by atoms with E-state index in [4.69, 9.17) is 0 Å². The molecule has 0 bridgehead atoms. The minimum absolute atomic E-state index is 0.0721. The van der Waals surface area contributed by atoms with Gasteiger partial charge in [-0.05, 0) is 31.2 Å². The predicted octanol–water partition coefficient (Wildman–Crippen LogP) is 2.09. The Morgan fingerprint density at radius 2 is 1.65 bits per heavy atom. The molecule has 23 heavy (non-hydrogen) atoms. The first kappa shape index (κ1) is 16.9. The van der Waals surface area contributed by atoms with E-state index in [1.54, 1.807) is 24.3 Å². The molecule has 7 nitrogen and oxygen atoms in total. The number of aliphatic hydroxyl groups excluding tert-OH is 1. The molecule has 2 aromatic rings. The fourth-order valence-electron chi connectivity index (χ4n) is 2.06. The summed E-state index contributed by atoms with van der Waals surface area (Å²) in [6.45, 7) is 1.42. The SMILES string of the molecule is Cc1ccc(N(CCO)S(=O)(=O)c2ccc([N+](=O)[O-])cc2)cc1. The van der Waals surface area contributed by atoms with Gasteiger partial charge >= 0.3 is 0 Å². The van der Waals surface area contributed by atoms with Crippen LogP contribution in [0.25, 0.3) is 0 Å². The minimum atomic E-state index is -3.92. The second-order valence-electron chi connectivity index (χ2n) is 4.89. The second-order valence-corrected chi connectivity index (χ2v) is 6.75. The van der Waals surface area contributed by atoms with Gasteiger partial charge in [0.2, 0.25) is 0 Å². The molecule has 0 unspecified atom stereocenters. The van der Waals surface area contributed by atoms with Crippen LogP contribution in [0.3, 0.4) is 0 Å². The van der Waals surface area contributed by atoms with Gasteiger partial charge in [-0.3, -0.25) is 14.4 Å².